The third kappa shape index (κ3) is 3.61. The first-order valence-corrected chi connectivity index (χ1v) is 8.75. The number of halogens is 1. The molecule has 1 saturated carbocycles. The van der Waals surface area contributed by atoms with Crippen LogP contribution in [0.25, 0.3) is 0 Å². The molecule has 2 aliphatic rings. The van der Waals surface area contributed by atoms with Gasteiger partial charge in [0.15, 0.2) is 0 Å². The maximum absolute atomic E-state index is 12.7. The summed E-state index contributed by atoms with van der Waals surface area (Å²) >= 11 is 5.93. The van der Waals surface area contributed by atoms with Crippen LogP contribution in [-0.4, -0.2) is 40.1 Å². The van der Waals surface area contributed by atoms with E-state index in [0.29, 0.717) is 5.02 Å². The Labute approximate surface area is 146 Å². The van der Waals surface area contributed by atoms with Gasteiger partial charge in [-0.25, -0.2) is 0 Å². The van der Waals surface area contributed by atoms with Crippen molar-refractivity contribution >= 4 is 29.3 Å². The minimum Gasteiger partial charge on any atom is -0.333 e. The second-order valence-electron chi connectivity index (χ2n) is 6.45. The molecule has 1 aliphatic heterocycles. The molecule has 1 aromatic rings. The quantitative estimate of drug-likeness (QED) is 0.743. The fourth-order valence-electron chi connectivity index (χ4n) is 3.20. The summed E-state index contributed by atoms with van der Waals surface area (Å²) in [5, 5.41) is 0.668. The van der Waals surface area contributed by atoms with Crippen LogP contribution in [0.1, 0.15) is 50.6 Å². The highest BCUT2D eigenvalue weighted by Gasteiger charge is 2.37. The van der Waals surface area contributed by atoms with Crippen LogP contribution >= 0.6 is 11.6 Å². The number of carbonyl (C=O) groups is 3. The number of hydrogen-bond acceptors (Lipinski definition) is 3. The Morgan fingerprint density at radius 2 is 1.79 bits per heavy atom. The summed E-state index contributed by atoms with van der Waals surface area (Å²) in [6.45, 7) is 2.19. The molecule has 0 spiro atoms. The molecule has 1 aliphatic carbocycles. The lowest BCUT2D eigenvalue weighted by Gasteiger charge is -2.30. The first-order valence-electron chi connectivity index (χ1n) is 8.37. The molecule has 1 saturated heterocycles. The Balaban J connectivity index is 1.66. The van der Waals surface area contributed by atoms with Gasteiger partial charge in [-0.3, -0.25) is 19.3 Å². The molecule has 0 aromatic heterocycles. The number of hydrogen-bond donors (Lipinski definition) is 0. The summed E-state index contributed by atoms with van der Waals surface area (Å²) in [6, 6.07) is 7.72. The van der Waals surface area contributed by atoms with Gasteiger partial charge < -0.3 is 4.90 Å². The van der Waals surface area contributed by atoms with Gasteiger partial charge in [-0.05, 0) is 37.5 Å². The van der Waals surface area contributed by atoms with E-state index in [1.807, 2.05) is 36.1 Å². The van der Waals surface area contributed by atoms with Crippen LogP contribution in [-0.2, 0) is 14.4 Å². The second kappa shape index (κ2) is 6.93. The molecule has 1 atom stereocenters. The van der Waals surface area contributed by atoms with Gasteiger partial charge in [0.25, 0.3) is 0 Å². The standard InChI is InChI=1S/C18H21ClN2O3/c1-12(13-2-4-14(19)5-3-13)21(15-6-7-15)18(24)10-11-20-16(22)8-9-17(20)23/h2-5,12,15H,6-11H2,1H3. The van der Waals surface area contributed by atoms with Gasteiger partial charge in [0, 0.05) is 36.9 Å². The average molecular weight is 349 g/mol. The molecule has 1 aromatic carbocycles. The minimum absolute atomic E-state index is 0.00699. The van der Waals surface area contributed by atoms with E-state index in [4.69, 9.17) is 11.6 Å². The van der Waals surface area contributed by atoms with Crippen molar-refractivity contribution in [1.82, 2.24) is 9.80 Å². The molecule has 6 heteroatoms. The maximum Gasteiger partial charge on any atom is 0.229 e. The Kier molecular flexibility index (Phi) is 4.90. The van der Waals surface area contributed by atoms with Crippen molar-refractivity contribution in [3.8, 4) is 0 Å². The van der Waals surface area contributed by atoms with Gasteiger partial charge in [0.05, 0.1) is 6.04 Å². The summed E-state index contributed by atoms with van der Waals surface area (Å²) in [5.74, 6) is -0.347. The van der Waals surface area contributed by atoms with Crippen molar-refractivity contribution in [3.63, 3.8) is 0 Å². The zero-order valence-corrected chi connectivity index (χ0v) is 14.5. The van der Waals surface area contributed by atoms with Crippen molar-refractivity contribution in [2.24, 2.45) is 0 Å². The molecule has 3 amide bonds. The van der Waals surface area contributed by atoms with E-state index < -0.39 is 0 Å². The van der Waals surface area contributed by atoms with Crippen molar-refractivity contribution in [2.45, 2.75) is 51.1 Å². The molecule has 24 heavy (non-hydrogen) atoms. The largest absolute Gasteiger partial charge is 0.333 e. The van der Waals surface area contributed by atoms with Crippen LogP contribution in [0.2, 0.25) is 5.02 Å². The van der Waals surface area contributed by atoms with E-state index in [9.17, 15) is 14.4 Å². The summed E-state index contributed by atoms with van der Waals surface area (Å²) in [5.41, 5.74) is 1.04. The number of carbonyl (C=O) groups excluding carboxylic acids is 3. The third-order valence-corrected chi connectivity index (χ3v) is 4.95. The van der Waals surface area contributed by atoms with Gasteiger partial charge in [0.2, 0.25) is 17.7 Å². The molecule has 3 rings (SSSR count). The molecule has 2 fully saturated rings. The molecular formula is C18H21ClN2O3. The zero-order valence-electron chi connectivity index (χ0n) is 13.7. The topological polar surface area (TPSA) is 57.7 Å². The Morgan fingerprint density at radius 1 is 1.21 bits per heavy atom. The third-order valence-electron chi connectivity index (χ3n) is 4.70. The normalized spacial score (nSPS) is 18.8. The predicted octanol–water partition coefficient (Wildman–Crippen LogP) is 2.93. The van der Waals surface area contributed by atoms with E-state index in [-0.39, 0.29) is 55.6 Å². The van der Waals surface area contributed by atoms with Gasteiger partial charge in [-0.15, -0.1) is 0 Å². The lowest BCUT2D eigenvalue weighted by molar-refractivity contribution is -0.140. The highest BCUT2D eigenvalue weighted by molar-refractivity contribution is 6.30. The van der Waals surface area contributed by atoms with E-state index in [1.165, 1.54) is 4.90 Å². The van der Waals surface area contributed by atoms with Crippen molar-refractivity contribution < 1.29 is 14.4 Å². The smallest absolute Gasteiger partial charge is 0.229 e. The number of rotatable bonds is 6. The molecule has 1 unspecified atom stereocenters. The lowest BCUT2D eigenvalue weighted by atomic mass is 10.1. The van der Waals surface area contributed by atoms with Crippen LogP contribution in [0.15, 0.2) is 24.3 Å². The van der Waals surface area contributed by atoms with Crippen LogP contribution < -0.4 is 0 Å². The predicted molar refractivity (Wildman–Crippen MR) is 90.3 cm³/mol. The maximum atomic E-state index is 12.7. The van der Waals surface area contributed by atoms with Crippen LogP contribution in [0.4, 0.5) is 0 Å². The molecule has 1 heterocycles. The number of amides is 3. The second-order valence-corrected chi connectivity index (χ2v) is 6.89. The average Bonchev–Trinajstić information content (AvgIpc) is 3.33. The fraction of sp³-hybridized carbons (Fsp3) is 0.500. The monoisotopic (exact) mass is 348 g/mol. The molecule has 0 bridgehead atoms. The summed E-state index contributed by atoms with van der Waals surface area (Å²) < 4.78 is 0. The van der Waals surface area contributed by atoms with Crippen LogP contribution in [0.3, 0.4) is 0 Å². The molecule has 128 valence electrons. The molecule has 0 N–H and O–H groups in total. The number of imide groups is 1. The first-order chi connectivity index (χ1) is 11.5. The Hall–Kier alpha value is -1.88. The first kappa shape index (κ1) is 17.0. The molecule has 0 radical (unpaired) electrons. The fourth-order valence-corrected chi connectivity index (χ4v) is 3.33. The number of likely N-dealkylation sites (tertiary alicyclic amines) is 1. The van der Waals surface area contributed by atoms with Gasteiger partial charge in [-0.1, -0.05) is 23.7 Å². The lowest BCUT2D eigenvalue weighted by Crippen LogP contribution is -2.39. The highest BCUT2D eigenvalue weighted by Crippen LogP contribution is 2.35. The van der Waals surface area contributed by atoms with Crippen LogP contribution in [0.5, 0.6) is 0 Å². The van der Waals surface area contributed by atoms with Gasteiger partial charge >= 0.3 is 0 Å². The van der Waals surface area contributed by atoms with E-state index >= 15 is 0 Å². The number of benzene rings is 1. The zero-order chi connectivity index (χ0) is 17.3. The Bertz CT molecular complexity index is 639. The molecular weight excluding hydrogens is 328 g/mol. The highest BCUT2D eigenvalue weighted by atomic mass is 35.5. The summed E-state index contributed by atoms with van der Waals surface area (Å²) in [4.78, 5) is 39.2. The van der Waals surface area contributed by atoms with E-state index in [1.54, 1.807) is 0 Å². The van der Waals surface area contributed by atoms with E-state index in [2.05, 4.69) is 0 Å². The number of nitrogens with zero attached hydrogens (tertiary/aromatic N) is 2. The summed E-state index contributed by atoms with van der Waals surface area (Å²) in [7, 11) is 0. The SMILES string of the molecule is CC(c1ccc(Cl)cc1)N(C(=O)CCN1C(=O)CCC1=O)C1CC1. The van der Waals surface area contributed by atoms with Crippen LogP contribution in [0, 0.1) is 0 Å². The van der Waals surface area contributed by atoms with Crippen molar-refractivity contribution in [2.75, 3.05) is 6.54 Å². The van der Waals surface area contributed by atoms with Crippen molar-refractivity contribution in [1.29, 1.82) is 0 Å². The summed E-state index contributed by atoms with van der Waals surface area (Å²) in [6.07, 6.45) is 2.73. The Morgan fingerprint density at radius 3 is 2.33 bits per heavy atom. The molecule has 5 nitrogen and oxygen atoms in total. The van der Waals surface area contributed by atoms with Crippen molar-refractivity contribution in [3.05, 3.63) is 34.9 Å². The van der Waals surface area contributed by atoms with E-state index in [0.717, 1.165) is 18.4 Å². The van der Waals surface area contributed by atoms with Gasteiger partial charge in [0.1, 0.15) is 0 Å². The van der Waals surface area contributed by atoms with Gasteiger partial charge in [-0.2, -0.15) is 0 Å². The minimum atomic E-state index is -0.170.